The molecule has 43 heavy (non-hydrogen) atoms. The minimum Gasteiger partial charge on any atom is -0.461 e. The number of alkyl halides is 1. The fourth-order valence-corrected chi connectivity index (χ4v) is 8.77. The predicted molar refractivity (Wildman–Crippen MR) is 163 cm³/mol. The van der Waals surface area contributed by atoms with Gasteiger partial charge in [0.15, 0.2) is 5.13 Å². The maximum absolute atomic E-state index is 14.7. The molecule has 2 aromatic carbocycles. The summed E-state index contributed by atoms with van der Waals surface area (Å²) in [5.41, 5.74) is 7.56. The van der Waals surface area contributed by atoms with Crippen molar-refractivity contribution in [3.8, 4) is 23.2 Å². The normalized spacial score (nSPS) is 26.8. The molecule has 222 valence electrons. The van der Waals surface area contributed by atoms with E-state index < -0.39 is 12.0 Å². The number of aromatic nitrogens is 3. The molecule has 0 aliphatic carbocycles. The molecular weight excluding hydrogens is 594 g/mol. The lowest BCUT2D eigenvalue weighted by atomic mass is 9.95. The van der Waals surface area contributed by atoms with Crippen molar-refractivity contribution in [3.05, 3.63) is 34.6 Å². The number of nitrogens with two attached hydrogens (primary N) is 1. The number of thiazole rings is 1. The van der Waals surface area contributed by atoms with Crippen LogP contribution in [0.5, 0.6) is 6.01 Å². The van der Waals surface area contributed by atoms with Gasteiger partial charge in [-0.15, -0.1) is 0 Å². The fourth-order valence-electron chi connectivity index (χ4n) is 7.66. The molecule has 4 aliphatic rings. The van der Waals surface area contributed by atoms with Crippen molar-refractivity contribution in [2.45, 2.75) is 55.9 Å². The van der Waals surface area contributed by atoms with Gasteiger partial charge in [0, 0.05) is 54.7 Å². The minimum absolute atomic E-state index is 0.164. The zero-order chi connectivity index (χ0) is 29.5. The van der Waals surface area contributed by atoms with Gasteiger partial charge >= 0.3 is 6.01 Å². The molecule has 2 aromatic heterocycles. The number of hydrogen-bond acceptors (Lipinski definition) is 10. The molecule has 0 amide bonds. The topological polar surface area (TPSA) is 116 Å². The third-order valence-electron chi connectivity index (χ3n) is 9.54. The molecule has 0 spiro atoms. The Hall–Kier alpha value is -3.37. The number of ether oxygens (including phenoxy) is 1. The van der Waals surface area contributed by atoms with Crippen molar-refractivity contribution in [2.24, 2.45) is 0 Å². The smallest absolute Gasteiger partial charge is 0.319 e. The number of anilines is 2. The van der Waals surface area contributed by atoms with Gasteiger partial charge in [0.1, 0.15) is 24.4 Å². The number of rotatable bonds is 5. The zero-order valence-electron chi connectivity index (χ0n) is 23.2. The van der Waals surface area contributed by atoms with E-state index in [0.29, 0.717) is 68.7 Å². The van der Waals surface area contributed by atoms with Gasteiger partial charge in [-0.25, -0.2) is 13.8 Å². The van der Waals surface area contributed by atoms with Crippen LogP contribution in [0.1, 0.15) is 37.7 Å². The van der Waals surface area contributed by atoms with Gasteiger partial charge in [0.25, 0.3) is 0 Å². The summed E-state index contributed by atoms with van der Waals surface area (Å²) in [7, 11) is 0. The Balaban J connectivity index is 1.29. The van der Waals surface area contributed by atoms with E-state index in [1.54, 1.807) is 12.1 Å². The fraction of sp³-hybridized carbons (Fsp3) is 0.467. The van der Waals surface area contributed by atoms with E-state index >= 15 is 0 Å². The van der Waals surface area contributed by atoms with Gasteiger partial charge in [0.05, 0.1) is 37.9 Å². The van der Waals surface area contributed by atoms with Crippen molar-refractivity contribution in [3.63, 3.8) is 0 Å². The summed E-state index contributed by atoms with van der Waals surface area (Å²) in [6, 6.07) is 7.79. The Morgan fingerprint density at radius 2 is 2.00 bits per heavy atom. The third-order valence-corrected chi connectivity index (χ3v) is 10.8. The van der Waals surface area contributed by atoms with E-state index in [-0.39, 0.29) is 28.3 Å². The van der Waals surface area contributed by atoms with E-state index in [4.69, 9.17) is 32.0 Å². The second kappa shape index (κ2) is 10.1. The Kier molecular flexibility index (Phi) is 6.38. The van der Waals surface area contributed by atoms with Gasteiger partial charge in [-0.05, 0) is 50.4 Å². The van der Waals surface area contributed by atoms with Crippen molar-refractivity contribution in [2.75, 3.05) is 43.4 Å². The molecule has 4 aliphatic heterocycles. The molecule has 8 rings (SSSR count). The van der Waals surface area contributed by atoms with Crippen molar-refractivity contribution >= 4 is 55.0 Å². The van der Waals surface area contributed by atoms with E-state index in [0.717, 1.165) is 56.7 Å². The number of hydrogen-bond donors (Lipinski definition) is 2. The van der Waals surface area contributed by atoms with Crippen molar-refractivity contribution in [1.82, 2.24) is 25.2 Å². The van der Waals surface area contributed by atoms with Crippen molar-refractivity contribution < 1.29 is 13.5 Å². The summed E-state index contributed by atoms with van der Waals surface area (Å²) < 4.78 is 35.8. The highest BCUT2D eigenvalue weighted by Gasteiger charge is 2.49. The second-order valence-electron chi connectivity index (χ2n) is 12.2. The largest absolute Gasteiger partial charge is 0.461 e. The summed E-state index contributed by atoms with van der Waals surface area (Å²) in [6.07, 6.45) is 3.60. The van der Waals surface area contributed by atoms with Gasteiger partial charge in [-0.2, -0.15) is 15.2 Å². The Morgan fingerprint density at radius 3 is 2.79 bits per heavy atom. The lowest BCUT2D eigenvalue weighted by Crippen LogP contribution is -2.51. The van der Waals surface area contributed by atoms with Gasteiger partial charge in [0.2, 0.25) is 0 Å². The molecule has 4 fully saturated rings. The summed E-state index contributed by atoms with van der Waals surface area (Å²) in [4.78, 5) is 18.5. The predicted octanol–water partition coefficient (Wildman–Crippen LogP) is 5.05. The standard InChI is InChI=1S/C30H29ClF2N8OS/c31-23-22(19-4-5-21(33)26-25(19)37-28(35)43-26)15(10-34)8-20-24(23)38-29(39-27(20)40-12-17-2-3-18(13-40)36-17)42-14-30-6-1-7-41(30)11-16(32)9-30/h4-5,8,16-18,36H,1-3,6-7,9,11-14H2,(H2,35,37). The number of piperazine rings is 1. The number of nitrogens with one attached hydrogen (secondary N) is 1. The first-order valence-corrected chi connectivity index (χ1v) is 15.8. The van der Waals surface area contributed by atoms with E-state index in [1.807, 2.05) is 0 Å². The molecule has 0 saturated carbocycles. The average molecular weight is 623 g/mol. The van der Waals surface area contributed by atoms with Crippen LogP contribution in [0.4, 0.5) is 19.7 Å². The lowest BCUT2D eigenvalue weighted by Gasteiger charge is -2.35. The van der Waals surface area contributed by atoms with Gasteiger partial charge in [-0.3, -0.25) is 4.90 Å². The van der Waals surface area contributed by atoms with Crippen molar-refractivity contribution in [1.29, 1.82) is 5.26 Å². The van der Waals surface area contributed by atoms with E-state index in [9.17, 15) is 14.0 Å². The molecule has 9 nitrogen and oxygen atoms in total. The summed E-state index contributed by atoms with van der Waals surface area (Å²) in [5, 5.41) is 15.0. The van der Waals surface area contributed by atoms with Crippen LogP contribution < -0.4 is 20.7 Å². The summed E-state index contributed by atoms with van der Waals surface area (Å²) >= 11 is 8.20. The first-order chi connectivity index (χ1) is 20.8. The maximum atomic E-state index is 14.7. The molecular formula is C30H29ClF2N8OS. The Bertz CT molecular complexity index is 1820. The molecule has 3 N–H and O–H groups in total. The maximum Gasteiger partial charge on any atom is 0.319 e. The van der Waals surface area contributed by atoms with Crippen LogP contribution in [-0.2, 0) is 0 Å². The number of fused-ring (bicyclic) bond motifs is 5. The second-order valence-corrected chi connectivity index (χ2v) is 13.6. The number of nitrogen functional groups attached to an aromatic ring is 1. The van der Waals surface area contributed by atoms with Crippen LogP contribution in [-0.4, -0.2) is 76.4 Å². The molecule has 4 unspecified atom stereocenters. The number of halogens is 3. The quantitative estimate of drug-likeness (QED) is 0.315. The molecule has 0 radical (unpaired) electrons. The summed E-state index contributed by atoms with van der Waals surface area (Å²) in [5.74, 6) is 0.209. The lowest BCUT2D eigenvalue weighted by molar-refractivity contribution is 0.107. The Labute approximate surface area is 255 Å². The van der Waals surface area contributed by atoms with Crippen LogP contribution in [0.15, 0.2) is 18.2 Å². The van der Waals surface area contributed by atoms with Crippen LogP contribution in [0.2, 0.25) is 5.02 Å². The highest BCUT2D eigenvalue weighted by atomic mass is 35.5. The number of benzene rings is 2. The zero-order valence-corrected chi connectivity index (χ0v) is 24.8. The van der Waals surface area contributed by atoms with Crippen LogP contribution >= 0.6 is 22.9 Å². The Morgan fingerprint density at radius 1 is 1.19 bits per heavy atom. The summed E-state index contributed by atoms with van der Waals surface area (Å²) in [6.45, 7) is 3.07. The van der Waals surface area contributed by atoms with Gasteiger partial charge in [-0.1, -0.05) is 22.9 Å². The van der Waals surface area contributed by atoms with Crippen LogP contribution in [0.3, 0.4) is 0 Å². The monoisotopic (exact) mass is 622 g/mol. The van der Waals surface area contributed by atoms with Gasteiger partial charge < -0.3 is 20.7 Å². The average Bonchev–Trinajstić information content (AvgIpc) is 3.74. The first kappa shape index (κ1) is 27.2. The highest BCUT2D eigenvalue weighted by molar-refractivity contribution is 7.22. The molecule has 6 heterocycles. The molecule has 4 aromatic rings. The number of nitriles is 1. The first-order valence-electron chi connectivity index (χ1n) is 14.6. The van der Waals surface area contributed by atoms with E-state index in [2.05, 4.69) is 26.2 Å². The molecule has 4 saturated heterocycles. The number of nitrogens with zero attached hydrogens (tertiary/aromatic N) is 6. The molecule has 13 heteroatoms. The highest BCUT2D eigenvalue weighted by Crippen LogP contribution is 2.45. The minimum atomic E-state index is -0.873. The molecule has 2 bridgehead atoms. The van der Waals surface area contributed by atoms with Crippen LogP contribution in [0.25, 0.3) is 32.2 Å². The SMILES string of the molecule is N#Cc1cc2c(N3CC4CCC(C3)N4)nc(OCC34CCCN3CC(F)C4)nc2c(Cl)c1-c1ccc(F)c2sc(N)nc12. The van der Waals surface area contributed by atoms with Crippen LogP contribution in [0, 0.1) is 17.1 Å². The third kappa shape index (κ3) is 4.39. The molecule has 4 atom stereocenters. The van der Waals surface area contributed by atoms with E-state index in [1.165, 1.54) is 6.07 Å².